The molecule has 0 bridgehead atoms. The molecular formula is C19H22F3N5O3. The first-order chi connectivity index (χ1) is 14.3. The molecule has 2 aromatic rings. The zero-order chi connectivity index (χ0) is 21.6. The number of furan rings is 1. The lowest BCUT2D eigenvalue weighted by atomic mass is 10.1. The van der Waals surface area contributed by atoms with E-state index in [9.17, 15) is 22.8 Å². The Bertz CT molecular complexity index is 832. The fraction of sp³-hybridized carbons (Fsp3) is 0.421. The fourth-order valence-corrected chi connectivity index (χ4v) is 3.05. The molecule has 0 aromatic carbocycles. The van der Waals surface area contributed by atoms with Crippen LogP contribution in [0.15, 0.2) is 41.1 Å². The van der Waals surface area contributed by atoms with Crippen molar-refractivity contribution in [3.8, 4) is 0 Å². The summed E-state index contributed by atoms with van der Waals surface area (Å²) in [6, 6.07) is 5.26. The average molecular weight is 425 g/mol. The molecule has 3 amide bonds. The minimum atomic E-state index is -4.41. The molecule has 1 fully saturated rings. The predicted octanol–water partition coefficient (Wildman–Crippen LogP) is 2.28. The summed E-state index contributed by atoms with van der Waals surface area (Å²) in [6.45, 7) is 1.17. The first-order valence-electron chi connectivity index (χ1n) is 9.43. The van der Waals surface area contributed by atoms with Crippen molar-refractivity contribution in [3.05, 3.63) is 48.0 Å². The maximum absolute atomic E-state index is 12.6. The van der Waals surface area contributed by atoms with Crippen LogP contribution >= 0.6 is 0 Å². The Morgan fingerprint density at radius 2 is 1.93 bits per heavy atom. The minimum absolute atomic E-state index is 0.0955. The molecular weight excluding hydrogens is 403 g/mol. The first kappa shape index (κ1) is 21.5. The van der Waals surface area contributed by atoms with Crippen LogP contribution in [-0.2, 0) is 17.5 Å². The van der Waals surface area contributed by atoms with Crippen LogP contribution in [0.5, 0.6) is 0 Å². The van der Waals surface area contributed by atoms with Crippen molar-refractivity contribution >= 4 is 17.8 Å². The normalized spacial score (nSPS) is 15.0. The largest absolute Gasteiger partial charge is 0.467 e. The van der Waals surface area contributed by atoms with E-state index in [1.807, 2.05) is 4.90 Å². The summed E-state index contributed by atoms with van der Waals surface area (Å²) >= 11 is 0. The smallest absolute Gasteiger partial charge is 0.417 e. The Balaban J connectivity index is 1.35. The Labute approximate surface area is 170 Å². The molecule has 0 atom stereocenters. The molecule has 0 spiro atoms. The average Bonchev–Trinajstić information content (AvgIpc) is 3.24. The highest BCUT2D eigenvalue weighted by Crippen LogP contribution is 2.29. The van der Waals surface area contributed by atoms with Gasteiger partial charge in [-0.05, 0) is 37.1 Å². The highest BCUT2D eigenvalue weighted by Gasteiger charge is 2.31. The van der Waals surface area contributed by atoms with Gasteiger partial charge in [0.05, 0.1) is 24.9 Å². The van der Waals surface area contributed by atoms with Crippen LogP contribution in [0.4, 0.5) is 23.8 Å². The van der Waals surface area contributed by atoms with E-state index >= 15 is 0 Å². The lowest BCUT2D eigenvalue weighted by Crippen LogP contribution is -2.49. The summed E-state index contributed by atoms with van der Waals surface area (Å²) < 4.78 is 43.0. The lowest BCUT2D eigenvalue weighted by molar-refractivity contribution is -0.137. The standard InChI is InChI=1S/C19H22F3N5O3/c20-19(21,22)13-3-4-16(23-10-13)27-7-5-14(6-8-27)26-18(29)25-12-17(28)24-11-15-2-1-9-30-15/h1-4,9-10,14H,5-8,11-12H2,(H,24,28)(H2,25,26,29). The zero-order valence-corrected chi connectivity index (χ0v) is 16.0. The summed E-state index contributed by atoms with van der Waals surface area (Å²) in [7, 11) is 0. The molecule has 30 heavy (non-hydrogen) atoms. The van der Waals surface area contributed by atoms with Crippen LogP contribution in [-0.4, -0.2) is 42.6 Å². The Kier molecular flexibility index (Phi) is 6.80. The van der Waals surface area contributed by atoms with Crippen LogP contribution in [0.25, 0.3) is 0 Å². The number of hydrogen-bond acceptors (Lipinski definition) is 5. The number of piperidine rings is 1. The van der Waals surface area contributed by atoms with E-state index in [4.69, 9.17) is 4.42 Å². The molecule has 3 N–H and O–H groups in total. The van der Waals surface area contributed by atoms with Gasteiger partial charge in [-0.15, -0.1) is 0 Å². The van der Waals surface area contributed by atoms with Crippen molar-refractivity contribution < 1.29 is 27.2 Å². The van der Waals surface area contributed by atoms with Crippen LogP contribution in [0.1, 0.15) is 24.2 Å². The van der Waals surface area contributed by atoms with Crippen LogP contribution in [0, 0.1) is 0 Å². The van der Waals surface area contributed by atoms with Gasteiger partial charge in [0.1, 0.15) is 11.6 Å². The number of halogens is 3. The van der Waals surface area contributed by atoms with Gasteiger partial charge in [0, 0.05) is 25.3 Å². The molecule has 3 rings (SSSR count). The van der Waals surface area contributed by atoms with Gasteiger partial charge in [0.25, 0.3) is 0 Å². The topological polar surface area (TPSA) is 99.5 Å². The molecule has 162 valence electrons. The summed E-state index contributed by atoms with van der Waals surface area (Å²) in [5, 5.41) is 7.92. The van der Waals surface area contributed by atoms with E-state index in [2.05, 4.69) is 20.9 Å². The third kappa shape index (κ3) is 6.13. The number of rotatable bonds is 6. The van der Waals surface area contributed by atoms with E-state index < -0.39 is 17.8 Å². The van der Waals surface area contributed by atoms with Crippen molar-refractivity contribution in [2.24, 2.45) is 0 Å². The lowest BCUT2D eigenvalue weighted by Gasteiger charge is -2.33. The maximum atomic E-state index is 12.6. The summed E-state index contributed by atoms with van der Waals surface area (Å²) in [5.41, 5.74) is -0.785. The number of carbonyl (C=O) groups is 2. The number of pyridine rings is 1. The van der Waals surface area contributed by atoms with E-state index in [0.717, 1.165) is 12.3 Å². The van der Waals surface area contributed by atoms with Crippen molar-refractivity contribution in [2.45, 2.75) is 31.6 Å². The second-order valence-corrected chi connectivity index (χ2v) is 6.85. The predicted molar refractivity (Wildman–Crippen MR) is 102 cm³/mol. The molecule has 0 aliphatic carbocycles. The van der Waals surface area contributed by atoms with Gasteiger partial charge in [-0.3, -0.25) is 4.79 Å². The van der Waals surface area contributed by atoms with Gasteiger partial charge < -0.3 is 25.3 Å². The highest BCUT2D eigenvalue weighted by atomic mass is 19.4. The van der Waals surface area contributed by atoms with Crippen molar-refractivity contribution in [1.82, 2.24) is 20.9 Å². The van der Waals surface area contributed by atoms with Crippen LogP contribution in [0.3, 0.4) is 0 Å². The minimum Gasteiger partial charge on any atom is -0.467 e. The van der Waals surface area contributed by atoms with Crippen molar-refractivity contribution in [2.75, 3.05) is 24.5 Å². The Morgan fingerprint density at radius 3 is 2.53 bits per heavy atom. The number of nitrogens with one attached hydrogen (secondary N) is 3. The second-order valence-electron chi connectivity index (χ2n) is 6.85. The van der Waals surface area contributed by atoms with Crippen LogP contribution < -0.4 is 20.9 Å². The third-order valence-electron chi connectivity index (χ3n) is 4.68. The molecule has 3 heterocycles. The monoisotopic (exact) mass is 425 g/mol. The molecule has 1 aliphatic heterocycles. The number of amides is 3. The van der Waals surface area contributed by atoms with E-state index in [0.29, 0.717) is 37.5 Å². The molecule has 0 radical (unpaired) electrons. The molecule has 1 saturated heterocycles. The van der Waals surface area contributed by atoms with Gasteiger partial charge in [0.2, 0.25) is 5.91 Å². The highest BCUT2D eigenvalue weighted by molar-refractivity contribution is 5.83. The van der Waals surface area contributed by atoms with Crippen LogP contribution in [0.2, 0.25) is 0 Å². The number of nitrogens with zero attached hydrogens (tertiary/aromatic N) is 2. The number of carbonyl (C=O) groups excluding carboxylic acids is 2. The maximum Gasteiger partial charge on any atom is 0.417 e. The number of aromatic nitrogens is 1. The Hall–Kier alpha value is -3.24. The van der Waals surface area contributed by atoms with E-state index in [1.165, 1.54) is 12.3 Å². The summed E-state index contributed by atoms with van der Waals surface area (Å²) in [4.78, 5) is 29.5. The van der Waals surface area contributed by atoms with Crippen molar-refractivity contribution in [1.29, 1.82) is 0 Å². The van der Waals surface area contributed by atoms with E-state index in [-0.39, 0.29) is 25.0 Å². The van der Waals surface area contributed by atoms with Gasteiger partial charge >= 0.3 is 12.2 Å². The fourth-order valence-electron chi connectivity index (χ4n) is 3.05. The summed E-state index contributed by atoms with van der Waals surface area (Å²) in [6.07, 6.45) is -0.858. The van der Waals surface area contributed by atoms with Gasteiger partial charge in [0.15, 0.2) is 0 Å². The van der Waals surface area contributed by atoms with Gasteiger partial charge in [-0.2, -0.15) is 13.2 Å². The molecule has 2 aromatic heterocycles. The zero-order valence-electron chi connectivity index (χ0n) is 16.0. The molecule has 8 nitrogen and oxygen atoms in total. The van der Waals surface area contributed by atoms with Gasteiger partial charge in [-0.1, -0.05) is 0 Å². The number of hydrogen-bond donors (Lipinski definition) is 3. The number of anilines is 1. The quantitative estimate of drug-likeness (QED) is 0.660. The van der Waals surface area contributed by atoms with Crippen molar-refractivity contribution in [3.63, 3.8) is 0 Å². The van der Waals surface area contributed by atoms with E-state index in [1.54, 1.807) is 12.1 Å². The first-order valence-corrected chi connectivity index (χ1v) is 9.43. The molecule has 1 aliphatic rings. The number of urea groups is 1. The third-order valence-corrected chi connectivity index (χ3v) is 4.68. The van der Waals surface area contributed by atoms with Gasteiger partial charge in [-0.25, -0.2) is 9.78 Å². The second kappa shape index (κ2) is 9.51. The SMILES string of the molecule is O=C(CNC(=O)NC1CCN(c2ccc(C(F)(F)F)cn2)CC1)NCc1ccco1. The number of alkyl halides is 3. The molecule has 0 saturated carbocycles. The molecule has 11 heteroatoms. The molecule has 0 unspecified atom stereocenters. The Morgan fingerprint density at radius 1 is 1.17 bits per heavy atom. The summed E-state index contributed by atoms with van der Waals surface area (Å²) in [5.74, 6) is 0.742.